The molecule has 1 fully saturated rings. The number of nitrogens with zero attached hydrogens (tertiary/aromatic N) is 3. The summed E-state index contributed by atoms with van der Waals surface area (Å²) in [6, 6.07) is 12.6. The molecule has 0 radical (unpaired) electrons. The predicted octanol–water partition coefficient (Wildman–Crippen LogP) is 3.07. The average Bonchev–Trinajstić information content (AvgIpc) is 2.66. The van der Waals surface area contributed by atoms with Crippen LogP contribution in [0.2, 0.25) is 0 Å². The van der Waals surface area contributed by atoms with E-state index in [-0.39, 0.29) is 0 Å². The zero-order valence-corrected chi connectivity index (χ0v) is 15.0. The molecule has 132 valence electrons. The van der Waals surface area contributed by atoms with E-state index in [2.05, 4.69) is 44.7 Å². The lowest BCUT2D eigenvalue weighted by Crippen LogP contribution is -2.46. The van der Waals surface area contributed by atoms with Crippen molar-refractivity contribution < 1.29 is 4.74 Å². The van der Waals surface area contributed by atoms with Crippen molar-refractivity contribution in [3.05, 3.63) is 53.7 Å². The van der Waals surface area contributed by atoms with Crippen molar-refractivity contribution in [3.8, 4) is 5.75 Å². The van der Waals surface area contributed by atoms with Gasteiger partial charge in [0, 0.05) is 31.2 Å². The second-order valence-corrected chi connectivity index (χ2v) is 6.37. The molecule has 1 saturated heterocycles. The molecule has 1 aliphatic rings. The van der Waals surface area contributed by atoms with Crippen LogP contribution in [0.3, 0.4) is 0 Å². The lowest BCUT2D eigenvalue weighted by atomic mass is 10.1. The fourth-order valence-corrected chi connectivity index (χ4v) is 3.14. The molecule has 1 aliphatic heterocycles. The van der Waals surface area contributed by atoms with E-state index in [0.29, 0.717) is 6.04 Å². The van der Waals surface area contributed by atoms with E-state index in [1.54, 1.807) is 7.11 Å². The minimum Gasteiger partial charge on any atom is -0.496 e. The third kappa shape index (κ3) is 4.79. The first-order valence-electron chi connectivity index (χ1n) is 8.84. The summed E-state index contributed by atoms with van der Waals surface area (Å²) >= 11 is 0. The zero-order valence-electron chi connectivity index (χ0n) is 15.0. The molecule has 5 nitrogen and oxygen atoms in total. The van der Waals surface area contributed by atoms with E-state index < -0.39 is 0 Å². The minimum atomic E-state index is 0.471. The predicted molar refractivity (Wildman–Crippen MR) is 102 cm³/mol. The Balaban J connectivity index is 1.51. The van der Waals surface area contributed by atoms with Gasteiger partial charge in [-0.15, -0.1) is 5.10 Å². The SMILES string of the molecule is COc1ccccc1/C=C/CN[C@@H]1CCCN(c2ccc(C)nn2)C1. The van der Waals surface area contributed by atoms with Crippen molar-refractivity contribution in [1.29, 1.82) is 0 Å². The van der Waals surface area contributed by atoms with Crippen molar-refractivity contribution >= 4 is 11.9 Å². The molecule has 0 saturated carbocycles. The highest BCUT2D eigenvalue weighted by molar-refractivity contribution is 5.57. The average molecular weight is 338 g/mol. The molecule has 0 bridgehead atoms. The van der Waals surface area contributed by atoms with Crippen LogP contribution in [0.5, 0.6) is 5.75 Å². The number of piperidine rings is 1. The molecule has 1 atom stereocenters. The summed E-state index contributed by atoms with van der Waals surface area (Å²) < 4.78 is 5.37. The van der Waals surface area contributed by atoms with E-state index in [9.17, 15) is 0 Å². The molecule has 1 aromatic carbocycles. The van der Waals surface area contributed by atoms with E-state index in [1.807, 2.05) is 31.2 Å². The Morgan fingerprint density at radius 2 is 2.12 bits per heavy atom. The van der Waals surface area contributed by atoms with E-state index in [1.165, 1.54) is 12.8 Å². The van der Waals surface area contributed by atoms with Crippen LogP contribution in [0.1, 0.15) is 24.1 Å². The Morgan fingerprint density at radius 3 is 2.92 bits per heavy atom. The van der Waals surface area contributed by atoms with Gasteiger partial charge in [0.25, 0.3) is 0 Å². The number of nitrogens with one attached hydrogen (secondary N) is 1. The van der Waals surface area contributed by atoms with Gasteiger partial charge in [0.1, 0.15) is 5.75 Å². The minimum absolute atomic E-state index is 0.471. The largest absolute Gasteiger partial charge is 0.496 e. The molecule has 2 aromatic rings. The molecule has 2 heterocycles. The van der Waals surface area contributed by atoms with Crippen LogP contribution in [0.25, 0.3) is 6.08 Å². The number of hydrogen-bond acceptors (Lipinski definition) is 5. The van der Waals surface area contributed by atoms with E-state index >= 15 is 0 Å². The summed E-state index contributed by atoms with van der Waals surface area (Å²) in [5.41, 5.74) is 2.06. The van der Waals surface area contributed by atoms with Gasteiger partial charge in [-0.2, -0.15) is 5.10 Å². The van der Waals surface area contributed by atoms with Crippen molar-refractivity contribution in [1.82, 2.24) is 15.5 Å². The maximum atomic E-state index is 5.37. The van der Waals surface area contributed by atoms with Crippen LogP contribution < -0.4 is 15.0 Å². The molecule has 25 heavy (non-hydrogen) atoms. The number of rotatable bonds is 6. The first kappa shape index (κ1) is 17.4. The fraction of sp³-hybridized carbons (Fsp3) is 0.400. The molecule has 0 aliphatic carbocycles. The summed E-state index contributed by atoms with van der Waals surface area (Å²) in [5.74, 6) is 1.88. The molecule has 5 heteroatoms. The lowest BCUT2D eigenvalue weighted by Gasteiger charge is -2.33. The van der Waals surface area contributed by atoms with Gasteiger partial charge in [-0.3, -0.25) is 0 Å². The first-order chi connectivity index (χ1) is 12.3. The highest BCUT2D eigenvalue weighted by Gasteiger charge is 2.20. The maximum absolute atomic E-state index is 5.37. The van der Waals surface area contributed by atoms with Gasteiger partial charge >= 0.3 is 0 Å². The number of benzene rings is 1. The van der Waals surface area contributed by atoms with Crippen LogP contribution in [-0.4, -0.2) is 43.0 Å². The van der Waals surface area contributed by atoms with Crippen LogP contribution in [0.4, 0.5) is 5.82 Å². The quantitative estimate of drug-likeness (QED) is 0.877. The summed E-state index contributed by atoms with van der Waals surface area (Å²) in [7, 11) is 1.70. The second-order valence-electron chi connectivity index (χ2n) is 6.37. The molecule has 0 unspecified atom stereocenters. The summed E-state index contributed by atoms with van der Waals surface area (Å²) in [6.07, 6.45) is 6.63. The highest BCUT2D eigenvalue weighted by atomic mass is 16.5. The maximum Gasteiger partial charge on any atom is 0.151 e. The number of ether oxygens (including phenoxy) is 1. The third-order valence-electron chi connectivity index (χ3n) is 4.49. The van der Waals surface area contributed by atoms with Crippen molar-refractivity contribution in [2.24, 2.45) is 0 Å². The monoisotopic (exact) mass is 338 g/mol. The molecular weight excluding hydrogens is 312 g/mol. The summed E-state index contributed by atoms with van der Waals surface area (Å²) in [6.45, 7) is 4.83. The number of hydrogen-bond donors (Lipinski definition) is 1. The number of anilines is 1. The van der Waals surface area contributed by atoms with Crippen molar-refractivity contribution in [2.45, 2.75) is 25.8 Å². The fourth-order valence-electron chi connectivity index (χ4n) is 3.14. The second kappa shape index (κ2) is 8.62. The lowest BCUT2D eigenvalue weighted by molar-refractivity contribution is 0.414. The Bertz CT molecular complexity index is 699. The van der Waals surface area contributed by atoms with Crippen LogP contribution in [0, 0.1) is 6.92 Å². The van der Waals surface area contributed by atoms with Crippen molar-refractivity contribution in [2.75, 3.05) is 31.6 Å². The third-order valence-corrected chi connectivity index (χ3v) is 4.49. The number of para-hydroxylation sites is 1. The van der Waals surface area contributed by atoms with Gasteiger partial charge in [-0.25, -0.2) is 0 Å². The normalized spacial score (nSPS) is 17.8. The molecule has 0 amide bonds. The Kier molecular flexibility index (Phi) is 6.01. The summed E-state index contributed by atoms with van der Waals surface area (Å²) in [4.78, 5) is 2.32. The van der Waals surface area contributed by atoms with Gasteiger partial charge in [0.15, 0.2) is 5.82 Å². The number of aromatic nitrogens is 2. The Hall–Kier alpha value is -2.40. The summed E-state index contributed by atoms with van der Waals surface area (Å²) in [5, 5.41) is 12.1. The number of methoxy groups -OCH3 is 1. The van der Waals surface area contributed by atoms with Crippen LogP contribution in [0.15, 0.2) is 42.5 Å². The first-order valence-corrected chi connectivity index (χ1v) is 8.84. The standard InChI is InChI=1S/C20H26N4O/c1-16-11-12-20(23-22-16)24-14-6-9-18(15-24)21-13-5-8-17-7-3-4-10-19(17)25-2/h3-5,7-8,10-12,18,21H,6,9,13-15H2,1-2H3/b8-5+/t18-/m1/s1. The van der Waals surface area contributed by atoms with Crippen LogP contribution >= 0.6 is 0 Å². The molecule has 1 aromatic heterocycles. The Morgan fingerprint density at radius 1 is 1.24 bits per heavy atom. The molecule has 0 spiro atoms. The van der Waals surface area contributed by atoms with Gasteiger partial charge in [0.2, 0.25) is 0 Å². The van der Waals surface area contributed by atoms with Gasteiger partial charge < -0.3 is 15.0 Å². The van der Waals surface area contributed by atoms with Crippen molar-refractivity contribution in [3.63, 3.8) is 0 Å². The number of aryl methyl sites for hydroxylation is 1. The molecular formula is C20H26N4O. The van der Waals surface area contributed by atoms with Gasteiger partial charge in [-0.05, 0) is 38.0 Å². The van der Waals surface area contributed by atoms with Gasteiger partial charge in [-0.1, -0.05) is 30.4 Å². The van der Waals surface area contributed by atoms with E-state index in [4.69, 9.17) is 4.74 Å². The molecule has 1 N–H and O–H groups in total. The zero-order chi connectivity index (χ0) is 17.5. The highest BCUT2D eigenvalue weighted by Crippen LogP contribution is 2.19. The smallest absolute Gasteiger partial charge is 0.151 e. The van der Waals surface area contributed by atoms with Crippen LogP contribution in [-0.2, 0) is 0 Å². The topological polar surface area (TPSA) is 50.3 Å². The molecule has 3 rings (SSSR count). The van der Waals surface area contributed by atoms with Gasteiger partial charge in [0.05, 0.1) is 12.8 Å². The van der Waals surface area contributed by atoms with E-state index in [0.717, 1.165) is 42.5 Å². The Labute approximate surface area is 149 Å².